The first-order valence-electron chi connectivity index (χ1n) is 12.8. The van der Waals surface area contributed by atoms with Gasteiger partial charge in [-0.1, -0.05) is 17.7 Å². The molecule has 0 unspecified atom stereocenters. The highest BCUT2D eigenvalue weighted by atomic mass is 16.5. The first kappa shape index (κ1) is 21.8. The number of carbonyl (C=O) groups is 2. The van der Waals surface area contributed by atoms with Crippen LogP contribution in [0.1, 0.15) is 69.8 Å². The lowest BCUT2D eigenvalue weighted by molar-refractivity contribution is -0.158. The van der Waals surface area contributed by atoms with Gasteiger partial charge in [0, 0.05) is 25.6 Å². The summed E-state index contributed by atoms with van der Waals surface area (Å²) in [5.41, 5.74) is 1.17. The van der Waals surface area contributed by atoms with Gasteiger partial charge in [0.25, 0.3) is 0 Å². The molecular formula is C27H38N2O3. The van der Waals surface area contributed by atoms with E-state index in [1.54, 1.807) is 0 Å². The fourth-order valence-corrected chi connectivity index (χ4v) is 7.29. The number of nitrogens with one attached hydrogen (secondary N) is 1. The van der Waals surface area contributed by atoms with Gasteiger partial charge in [-0.2, -0.15) is 0 Å². The van der Waals surface area contributed by atoms with Gasteiger partial charge >= 0.3 is 0 Å². The van der Waals surface area contributed by atoms with Crippen molar-refractivity contribution >= 4 is 11.8 Å². The molecule has 4 saturated carbocycles. The Balaban J connectivity index is 1.02. The van der Waals surface area contributed by atoms with Gasteiger partial charge in [0.1, 0.15) is 5.75 Å². The number of hydrogen-bond acceptors (Lipinski definition) is 3. The van der Waals surface area contributed by atoms with Crippen LogP contribution in [0.4, 0.5) is 0 Å². The van der Waals surface area contributed by atoms with E-state index in [0.29, 0.717) is 25.4 Å². The van der Waals surface area contributed by atoms with Crippen molar-refractivity contribution in [2.24, 2.45) is 23.2 Å². The zero-order valence-corrected chi connectivity index (χ0v) is 19.5. The third-order valence-corrected chi connectivity index (χ3v) is 8.48. The van der Waals surface area contributed by atoms with E-state index in [9.17, 15) is 9.59 Å². The number of nitrogens with zero attached hydrogens (tertiary/aromatic N) is 1. The number of rotatable bonds is 7. The summed E-state index contributed by atoms with van der Waals surface area (Å²) in [6.07, 6.45) is 10.5. The summed E-state index contributed by atoms with van der Waals surface area (Å²) >= 11 is 0. The second kappa shape index (κ2) is 9.07. The Morgan fingerprint density at radius 1 is 1.00 bits per heavy atom. The molecule has 5 aliphatic rings. The summed E-state index contributed by atoms with van der Waals surface area (Å²) < 4.78 is 5.72. The monoisotopic (exact) mass is 438 g/mol. The van der Waals surface area contributed by atoms with Gasteiger partial charge in [-0.05, 0) is 94.6 Å². The quantitative estimate of drug-likeness (QED) is 0.639. The molecule has 0 aromatic heterocycles. The molecule has 1 aliphatic heterocycles. The molecule has 1 saturated heterocycles. The molecule has 174 valence electrons. The van der Waals surface area contributed by atoms with Crippen LogP contribution in [0.15, 0.2) is 24.3 Å². The molecule has 0 spiro atoms. The number of likely N-dealkylation sites (tertiary alicyclic amines) is 1. The van der Waals surface area contributed by atoms with E-state index in [2.05, 4.69) is 17.1 Å². The van der Waals surface area contributed by atoms with Gasteiger partial charge < -0.3 is 15.0 Å². The van der Waals surface area contributed by atoms with Crippen molar-refractivity contribution in [2.45, 2.75) is 77.2 Å². The third kappa shape index (κ3) is 4.67. The van der Waals surface area contributed by atoms with E-state index >= 15 is 0 Å². The number of benzene rings is 1. The van der Waals surface area contributed by atoms with Crippen LogP contribution in [0.3, 0.4) is 0 Å². The van der Waals surface area contributed by atoms with Crippen LogP contribution in [0.25, 0.3) is 0 Å². The van der Waals surface area contributed by atoms with E-state index < -0.39 is 0 Å². The summed E-state index contributed by atoms with van der Waals surface area (Å²) in [5, 5.41) is 3.19. The smallest absolute Gasteiger partial charge is 0.228 e. The molecule has 0 atom stereocenters. The lowest BCUT2D eigenvalue weighted by atomic mass is 9.49. The van der Waals surface area contributed by atoms with Crippen molar-refractivity contribution in [3.05, 3.63) is 29.8 Å². The maximum atomic E-state index is 13.5. The Kier molecular flexibility index (Phi) is 6.18. The maximum Gasteiger partial charge on any atom is 0.228 e. The van der Waals surface area contributed by atoms with Crippen molar-refractivity contribution in [3.8, 4) is 5.75 Å². The van der Waals surface area contributed by atoms with Gasteiger partial charge in [0.05, 0.1) is 12.0 Å². The second-order valence-corrected chi connectivity index (χ2v) is 11.1. The standard InChI is InChI=1S/C27H38N2O3/c1-19-4-6-24(7-5-19)32-12-2-3-25(30)28-23-8-10-29(11-9-23)26(31)27-16-20-13-21(17-27)15-22(14-20)18-27/h4-7,20-23H,2-3,8-18H2,1H3,(H,28,30). The van der Waals surface area contributed by atoms with Gasteiger partial charge in [-0.25, -0.2) is 0 Å². The van der Waals surface area contributed by atoms with Crippen LogP contribution in [0.5, 0.6) is 5.75 Å². The summed E-state index contributed by atoms with van der Waals surface area (Å²) in [6, 6.07) is 8.19. The average Bonchev–Trinajstić information content (AvgIpc) is 2.77. The molecule has 4 aliphatic carbocycles. The zero-order valence-electron chi connectivity index (χ0n) is 19.5. The minimum Gasteiger partial charge on any atom is -0.494 e. The minimum atomic E-state index is -0.0394. The third-order valence-electron chi connectivity index (χ3n) is 8.48. The minimum absolute atomic E-state index is 0.0394. The molecule has 32 heavy (non-hydrogen) atoms. The topological polar surface area (TPSA) is 58.6 Å². The van der Waals surface area contributed by atoms with E-state index in [1.807, 2.05) is 24.3 Å². The zero-order chi connectivity index (χ0) is 22.1. The highest BCUT2D eigenvalue weighted by Gasteiger charge is 2.55. The van der Waals surface area contributed by atoms with Crippen molar-refractivity contribution in [2.75, 3.05) is 19.7 Å². The number of piperidine rings is 1. The summed E-state index contributed by atoms with van der Waals surface area (Å²) in [6.45, 7) is 4.19. The number of aryl methyl sites for hydroxylation is 1. The fourth-order valence-electron chi connectivity index (χ4n) is 7.29. The largest absolute Gasteiger partial charge is 0.494 e. The van der Waals surface area contributed by atoms with Crippen molar-refractivity contribution in [1.82, 2.24) is 10.2 Å². The van der Waals surface area contributed by atoms with Gasteiger partial charge in [-0.15, -0.1) is 0 Å². The molecule has 4 bridgehead atoms. The number of carbonyl (C=O) groups excluding carboxylic acids is 2. The molecule has 2 amide bonds. The Morgan fingerprint density at radius 2 is 1.59 bits per heavy atom. The first-order chi connectivity index (χ1) is 15.5. The molecule has 1 aromatic rings. The highest BCUT2D eigenvalue weighted by molar-refractivity contribution is 5.83. The molecular weight excluding hydrogens is 400 g/mol. The average molecular weight is 439 g/mol. The molecule has 5 heteroatoms. The van der Waals surface area contributed by atoms with Crippen LogP contribution < -0.4 is 10.1 Å². The highest BCUT2D eigenvalue weighted by Crippen LogP contribution is 2.60. The van der Waals surface area contributed by atoms with Crippen molar-refractivity contribution < 1.29 is 14.3 Å². The first-order valence-corrected chi connectivity index (χ1v) is 12.8. The molecule has 5 fully saturated rings. The Bertz CT molecular complexity index is 791. The summed E-state index contributed by atoms with van der Waals surface area (Å²) in [7, 11) is 0. The van der Waals surface area contributed by atoms with E-state index in [1.165, 1.54) is 24.8 Å². The maximum absolute atomic E-state index is 13.5. The van der Waals surface area contributed by atoms with Crippen molar-refractivity contribution in [3.63, 3.8) is 0 Å². The lowest BCUT2D eigenvalue weighted by Crippen LogP contribution is -2.56. The van der Waals surface area contributed by atoms with Gasteiger partial charge in [0.15, 0.2) is 0 Å². The Morgan fingerprint density at radius 3 is 2.19 bits per heavy atom. The van der Waals surface area contributed by atoms with E-state index in [4.69, 9.17) is 4.74 Å². The Hall–Kier alpha value is -2.04. The predicted molar refractivity (Wildman–Crippen MR) is 124 cm³/mol. The lowest BCUT2D eigenvalue weighted by Gasteiger charge is -2.57. The van der Waals surface area contributed by atoms with Crippen LogP contribution in [0, 0.1) is 30.1 Å². The van der Waals surface area contributed by atoms with Gasteiger partial charge in [0.2, 0.25) is 11.8 Å². The number of ether oxygens (including phenoxy) is 1. The number of amides is 2. The second-order valence-electron chi connectivity index (χ2n) is 11.1. The SMILES string of the molecule is Cc1ccc(OCCCC(=O)NC2CCN(C(=O)C34CC5CC(CC(C5)C3)C4)CC2)cc1. The van der Waals surface area contributed by atoms with Gasteiger partial charge in [-0.3, -0.25) is 9.59 Å². The Labute approximate surface area is 192 Å². The molecule has 5 nitrogen and oxygen atoms in total. The van der Waals surface area contributed by atoms with Crippen LogP contribution in [-0.4, -0.2) is 42.5 Å². The molecule has 1 N–H and O–H groups in total. The van der Waals surface area contributed by atoms with Crippen molar-refractivity contribution in [1.29, 1.82) is 0 Å². The summed E-state index contributed by atoms with van der Waals surface area (Å²) in [4.78, 5) is 28.0. The molecule has 6 rings (SSSR count). The number of hydrogen-bond donors (Lipinski definition) is 1. The van der Waals surface area contributed by atoms with Crippen LogP contribution in [0.2, 0.25) is 0 Å². The van der Waals surface area contributed by atoms with Crippen LogP contribution >= 0.6 is 0 Å². The predicted octanol–water partition coefficient (Wildman–Crippen LogP) is 4.48. The summed E-state index contributed by atoms with van der Waals surface area (Å²) in [5.74, 6) is 3.80. The molecule has 1 aromatic carbocycles. The van der Waals surface area contributed by atoms with Crippen LogP contribution in [-0.2, 0) is 9.59 Å². The molecule has 0 radical (unpaired) electrons. The fraction of sp³-hybridized carbons (Fsp3) is 0.704. The van der Waals surface area contributed by atoms with E-state index in [-0.39, 0.29) is 17.4 Å². The normalized spacial score (nSPS) is 31.5. The van der Waals surface area contributed by atoms with E-state index in [0.717, 1.165) is 68.7 Å². The molecule has 1 heterocycles.